The number of rotatable bonds is 11. The van der Waals surface area contributed by atoms with Crippen molar-refractivity contribution in [1.82, 2.24) is 14.5 Å². The fourth-order valence-corrected chi connectivity index (χ4v) is 5.10. The second-order valence-corrected chi connectivity index (χ2v) is 9.63. The Balaban J connectivity index is 1.55. The van der Waals surface area contributed by atoms with Crippen molar-refractivity contribution in [2.45, 2.75) is 43.9 Å². The Morgan fingerprint density at radius 1 is 1.16 bits per heavy atom. The van der Waals surface area contributed by atoms with Crippen molar-refractivity contribution in [2.75, 3.05) is 52.5 Å². The molecule has 8 nitrogen and oxygen atoms in total. The highest BCUT2D eigenvalue weighted by atomic mass is 32.2. The third-order valence-electron chi connectivity index (χ3n) is 5.68. The van der Waals surface area contributed by atoms with E-state index in [0.717, 1.165) is 58.7 Å². The van der Waals surface area contributed by atoms with E-state index in [-0.39, 0.29) is 23.8 Å². The van der Waals surface area contributed by atoms with Gasteiger partial charge in [-0.25, -0.2) is 8.42 Å². The molecule has 172 valence electrons. The highest BCUT2D eigenvalue weighted by molar-refractivity contribution is 7.90. The summed E-state index contributed by atoms with van der Waals surface area (Å²) in [7, 11) is -3.55. The number of hydrogen-bond donors (Lipinski definition) is 1. The lowest BCUT2D eigenvalue weighted by Crippen LogP contribution is -2.43. The molecular weight excluding hydrogens is 416 g/mol. The predicted molar refractivity (Wildman–Crippen MR) is 121 cm³/mol. The van der Waals surface area contributed by atoms with Crippen molar-refractivity contribution in [3.63, 3.8) is 0 Å². The summed E-state index contributed by atoms with van der Waals surface area (Å²) in [5.41, 5.74) is 0.568. The first-order valence-corrected chi connectivity index (χ1v) is 12.7. The highest BCUT2D eigenvalue weighted by Gasteiger charge is 2.30. The Labute approximate surface area is 185 Å². The molecule has 0 radical (unpaired) electrons. The zero-order chi connectivity index (χ0) is 22.1. The number of ether oxygens (including phenoxy) is 1. The average Bonchev–Trinajstić information content (AvgIpc) is 3.04. The SMILES string of the molecule is CCCCCCN(CCN1CCOCC1)C(=O)CCN=C1NS(=O)(=O)c2ccccc21. The van der Waals surface area contributed by atoms with E-state index in [9.17, 15) is 13.2 Å². The molecule has 0 bridgehead atoms. The van der Waals surface area contributed by atoms with E-state index in [1.54, 1.807) is 24.3 Å². The zero-order valence-corrected chi connectivity index (χ0v) is 19.2. The molecule has 0 spiro atoms. The topological polar surface area (TPSA) is 91.3 Å². The van der Waals surface area contributed by atoms with Crippen LogP contribution in [0.3, 0.4) is 0 Å². The van der Waals surface area contributed by atoms with E-state index in [2.05, 4.69) is 21.5 Å². The Kier molecular flexibility index (Phi) is 8.86. The van der Waals surface area contributed by atoms with Gasteiger partial charge in [-0.05, 0) is 18.6 Å². The molecule has 0 atom stereocenters. The lowest BCUT2D eigenvalue weighted by molar-refractivity contribution is -0.131. The number of amides is 1. The van der Waals surface area contributed by atoms with Crippen LogP contribution >= 0.6 is 0 Å². The number of sulfonamides is 1. The van der Waals surface area contributed by atoms with Gasteiger partial charge in [0.05, 0.1) is 24.7 Å². The number of aliphatic imine (C=N–C) groups is 1. The number of unbranched alkanes of at least 4 members (excludes halogenated alkanes) is 3. The van der Waals surface area contributed by atoms with Crippen LogP contribution in [0.5, 0.6) is 0 Å². The normalized spacial score (nSPS) is 19.2. The maximum atomic E-state index is 12.9. The predicted octanol–water partition coefficient (Wildman–Crippen LogP) is 1.86. The molecule has 1 amide bonds. The number of benzene rings is 1. The van der Waals surface area contributed by atoms with Crippen LogP contribution in [-0.4, -0.2) is 82.4 Å². The number of nitrogens with one attached hydrogen (secondary N) is 1. The summed E-state index contributed by atoms with van der Waals surface area (Å²) in [5, 5.41) is 0. The molecule has 1 aromatic carbocycles. The molecule has 1 fully saturated rings. The van der Waals surface area contributed by atoms with E-state index in [1.807, 2.05) is 4.90 Å². The number of carbonyl (C=O) groups is 1. The van der Waals surface area contributed by atoms with E-state index >= 15 is 0 Å². The summed E-state index contributed by atoms with van der Waals surface area (Å²) < 4.78 is 32.3. The molecule has 3 rings (SSSR count). The van der Waals surface area contributed by atoms with Gasteiger partial charge >= 0.3 is 0 Å². The maximum absolute atomic E-state index is 12.9. The van der Waals surface area contributed by atoms with Crippen molar-refractivity contribution >= 4 is 21.8 Å². The van der Waals surface area contributed by atoms with E-state index in [4.69, 9.17) is 4.74 Å². The van der Waals surface area contributed by atoms with Gasteiger partial charge < -0.3 is 9.64 Å². The first-order valence-electron chi connectivity index (χ1n) is 11.3. The van der Waals surface area contributed by atoms with Gasteiger partial charge in [-0.1, -0.05) is 38.3 Å². The molecule has 2 heterocycles. The largest absolute Gasteiger partial charge is 0.379 e. The monoisotopic (exact) mass is 450 g/mol. The first kappa shape index (κ1) is 23.7. The van der Waals surface area contributed by atoms with Crippen LogP contribution < -0.4 is 4.72 Å². The van der Waals surface area contributed by atoms with Crippen molar-refractivity contribution in [3.8, 4) is 0 Å². The number of nitrogens with zero attached hydrogens (tertiary/aromatic N) is 3. The smallest absolute Gasteiger partial charge is 0.263 e. The number of morpholine rings is 1. The van der Waals surface area contributed by atoms with Crippen LogP contribution in [0, 0.1) is 0 Å². The Bertz CT molecular complexity index is 866. The summed E-state index contributed by atoms with van der Waals surface area (Å²) >= 11 is 0. The van der Waals surface area contributed by atoms with Crippen LogP contribution in [0.4, 0.5) is 0 Å². The number of amidine groups is 1. The van der Waals surface area contributed by atoms with Gasteiger partial charge in [0.2, 0.25) is 5.91 Å². The molecule has 0 aromatic heterocycles. The minimum absolute atomic E-state index is 0.0725. The quantitative estimate of drug-likeness (QED) is 0.520. The van der Waals surface area contributed by atoms with Gasteiger partial charge in [0.25, 0.3) is 10.0 Å². The molecule has 0 aliphatic carbocycles. The second kappa shape index (κ2) is 11.6. The van der Waals surface area contributed by atoms with Gasteiger partial charge in [0.15, 0.2) is 0 Å². The molecule has 0 saturated carbocycles. The second-order valence-electron chi connectivity index (χ2n) is 7.98. The van der Waals surface area contributed by atoms with Crippen molar-refractivity contribution < 1.29 is 17.9 Å². The molecule has 31 heavy (non-hydrogen) atoms. The standard InChI is InChI=1S/C22H34N4O4S/c1-2-3-4-7-12-26(14-13-25-15-17-30-18-16-25)21(27)10-11-23-22-19-8-5-6-9-20(19)31(28,29)24-22/h5-6,8-9H,2-4,7,10-18H2,1H3,(H,23,24). The average molecular weight is 451 g/mol. The van der Waals surface area contributed by atoms with Crippen LogP contribution in [0.25, 0.3) is 0 Å². The lowest BCUT2D eigenvalue weighted by atomic mass is 10.2. The maximum Gasteiger partial charge on any atom is 0.263 e. The number of hydrogen-bond acceptors (Lipinski definition) is 6. The summed E-state index contributed by atoms with van der Waals surface area (Å²) in [4.78, 5) is 21.8. The molecule has 2 aliphatic rings. The fraction of sp³-hybridized carbons (Fsp3) is 0.636. The van der Waals surface area contributed by atoms with Crippen LogP contribution in [0.1, 0.15) is 44.6 Å². The van der Waals surface area contributed by atoms with Gasteiger partial charge in [0.1, 0.15) is 5.84 Å². The van der Waals surface area contributed by atoms with E-state index in [1.165, 1.54) is 6.42 Å². The third-order valence-corrected chi connectivity index (χ3v) is 7.08. The summed E-state index contributed by atoms with van der Waals surface area (Å²) in [6.45, 7) is 8.06. The first-order chi connectivity index (χ1) is 15.0. The molecule has 1 aromatic rings. The summed E-state index contributed by atoms with van der Waals surface area (Å²) in [5.74, 6) is 0.398. The zero-order valence-electron chi connectivity index (χ0n) is 18.4. The molecular formula is C22H34N4O4S. The van der Waals surface area contributed by atoms with Crippen LogP contribution in [0.2, 0.25) is 0 Å². The Morgan fingerprint density at radius 3 is 2.71 bits per heavy atom. The Morgan fingerprint density at radius 2 is 1.94 bits per heavy atom. The highest BCUT2D eigenvalue weighted by Crippen LogP contribution is 2.22. The van der Waals surface area contributed by atoms with Gasteiger partial charge in [-0.3, -0.25) is 19.4 Å². The number of fused-ring (bicyclic) bond motifs is 1. The molecule has 2 aliphatic heterocycles. The summed E-state index contributed by atoms with van der Waals surface area (Å²) in [6, 6.07) is 6.77. The van der Waals surface area contributed by atoms with Gasteiger partial charge in [-0.15, -0.1) is 0 Å². The molecule has 1 saturated heterocycles. The minimum Gasteiger partial charge on any atom is -0.379 e. The summed E-state index contributed by atoms with van der Waals surface area (Å²) in [6.07, 6.45) is 4.74. The van der Waals surface area contributed by atoms with Crippen molar-refractivity contribution in [2.24, 2.45) is 4.99 Å². The van der Waals surface area contributed by atoms with E-state index in [0.29, 0.717) is 17.9 Å². The third kappa shape index (κ3) is 6.75. The van der Waals surface area contributed by atoms with Gasteiger partial charge in [-0.2, -0.15) is 0 Å². The van der Waals surface area contributed by atoms with Crippen LogP contribution in [0.15, 0.2) is 34.2 Å². The molecule has 1 N–H and O–H groups in total. The van der Waals surface area contributed by atoms with E-state index < -0.39 is 10.0 Å². The molecule has 0 unspecified atom stereocenters. The minimum atomic E-state index is -3.55. The lowest BCUT2D eigenvalue weighted by Gasteiger charge is -2.30. The number of carbonyl (C=O) groups excluding carboxylic acids is 1. The molecule has 9 heteroatoms. The van der Waals surface area contributed by atoms with Crippen LogP contribution in [-0.2, 0) is 19.6 Å². The fourth-order valence-electron chi connectivity index (χ4n) is 3.85. The van der Waals surface area contributed by atoms with Crippen molar-refractivity contribution in [1.29, 1.82) is 0 Å². The van der Waals surface area contributed by atoms with Crippen molar-refractivity contribution in [3.05, 3.63) is 29.8 Å². The Hall–Kier alpha value is -1.97. The van der Waals surface area contributed by atoms with Gasteiger partial charge in [0, 0.05) is 44.7 Å².